The summed E-state index contributed by atoms with van der Waals surface area (Å²) in [7, 11) is 0. The van der Waals surface area contributed by atoms with Gasteiger partial charge in [-0.25, -0.2) is 0 Å². The molecule has 0 radical (unpaired) electrons. The first-order valence-electron chi connectivity index (χ1n) is 6.36. The van der Waals surface area contributed by atoms with Crippen molar-refractivity contribution in [2.75, 3.05) is 0 Å². The largest absolute Gasteiger partial charge is 0.294 e. The second kappa shape index (κ2) is 6.41. The van der Waals surface area contributed by atoms with Crippen LogP contribution < -0.4 is 0 Å². The van der Waals surface area contributed by atoms with Gasteiger partial charge in [0.05, 0.1) is 0 Å². The maximum Gasteiger partial charge on any atom is 0.161 e. The van der Waals surface area contributed by atoms with E-state index in [1.807, 2.05) is 42.5 Å². The van der Waals surface area contributed by atoms with E-state index in [-0.39, 0.29) is 5.78 Å². The van der Waals surface area contributed by atoms with Crippen LogP contribution in [-0.4, -0.2) is 5.78 Å². The Kier molecular flexibility index (Phi) is 4.38. The van der Waals surface area contributed by atoms with Crippen molar-refractivity contribution in [1.29, 1.82) is 0 Å². The van der Waals surface area contributed by atoms with Crippen LogP contribution in [0.25, 0.3) is 0 Å². The number of carbonyl (C=O) groups excluding carboxylic acids is 1. The zero-order valence-corrected chi connectivity index (χ0v) is 11.5. The molecule has 0 fully saturated rings. The Morgan fingerprint density at radius 2 is 1.30 bits per heavy atom. The highest BCUT2D eigenvalue weighted by Gasteiger charge is 2.03. The van der Waals surface area contributed by atoms with Crippen LogP contribution in [0, 0.1) is 23.7 Å². The molecule has 0 amide bonds. The predicted molar refractivity (Wildman–Crippen MR) is 81.4 cm³/mol. The summed E-state index contributed by atoms with van der Waals surface area (Å²) in [4.78, 5) is 11.6. The monoisotopic (exact) mass is 258 g/mol. The zero-order chi connectivity index (χ0) is 14.4. The molecule has 0 aliphatic heterocycles. The van der Waals surface area contributed by atoms with Crippen LogP contribution >= 0.6 is 0 Å². The third-order valence-electron chi connectivity index (χ3n) is 2.82. The normalized spacial score (nSPS) is 8.90. The highest BCUT2D eigenvalue weighted by Crippen LogP contribution is 2.10. The molecule has 0 atom stereocenters. The summed E-state index contributed by atoms with van der Waals surface area (Å²) in [6, 6.07) is 15.1. The first-order valence-corrected chi connectivity index (χ1v) is 6.36. The van der Waals surface area contributed by atoms with Crippen LogP contribution in [0.2, 0.25) is 0 Å². The molecule has 2 aromatic carbocycles. The molecule has 1 nitrogen and oxygen atoms in total. The van der Waals surface area contributed by atoms with Crippen molar-refractivity contribution in [3.05, 3.63) is 70.8 Å². The molecule has 2 aromatic rings. The first-order chi connectivity index (χ1) is 9.72. The zero-order valence-electron chi connectivity index (χ0n) is 11.5. The number of benzene rings is 2. The molecular weight excluding hydrogens is 244 g/mol. The molecule has 0 N–H and O–H groups in total. The molecule has 2 rings (SSSR count). The van der Waals surface area contributed by atoms with E-state index < -0.39 is 0 Å². The van der Waals surface area contributed by atoms with Crippen LogP contribution in [0.1, 0.15) is 40.9 Å². The fraction of sp³-hybridized carbons (Fsp3) is 0.105. The standard InChI is InChI=1S/C19H14O/c1-3-8-16-9-4-5-10-17(16)13-14-18-11-6-7-12-19(18)15(2)20/h4-7,9-12H,1-2H3. The Bertz CT molecular complexity index is 761. The third-order valence-corrected chi connectivity index (χ3v) is 2.82. The van der Waals surface area contributed by atoms with Crippen LogP contribution in [0.4, 0.5) is 0 Å². The van der Waals surface area contributed by atoms with Gasteiger partial charge < -0.3 is 0 Å². The second-order valence-electron chi connectivity index (χ2n) is 4.27. The van der Waals surface area contributed by atoms with Gasteiger partial charge >= 0.3 is 0 Å². The van der Waals surface area contributed by atoms with Gasteiger partial charge in [-0.2, -0.15) is 0 Å². The Morgan fingerprint density at radius 1 is 0.800 bits per heavy atom. The minimum absolute atomic E-state index is 0.0246. The van der Waals surface area contributed by atoms with Crippen LogP contribution in [-0.2, 0) is 0 Å². The van der Waals surface area contributed by atoms with Crippen molar-refractivity contribution < 1.29 is 4.79 Å². The van der Waals surface area contributed by atoms with Crippen molar-refractivity contribution in [2.45, 2.75) is 13.8 Å². The van der Waals surface area contributed by atoms with Gasteiger partial charge in [-0.15, -0.1) is 5.92 Å². The number of Topliss-reactive ketones (excluding diaryl/α,β-unsaturated/α-hetero) is 1. The highest BCUT2D eigenvalue weighted by atomic mass is 16.1. The number of ketones is 1. The van der Waals surface area contributed by atoms with Gasteiger partial charge in [-0.1, -0.05) is 48.1 Å². The number of hydrogen-bond acceptors (Lipinski definition) is 1. The molecule has 0 spiro atoms. The van der Waals surface area contributed by atoms with E-state index >= 15 is 0 Å². The molecule has 0 saturated carbocycles. The van der Waals surface area contributed by atoms with E-state index in [9.17, 15) is 4.79 Å². The van der Waals surface area contributed by atoms with Crippen molar-refractivity contribution in [3.63, 3.8) is 0 Å². The van der Waals surface area contributed by atoms with E-state index in [0.717, 1.165) is 16.7 Å². The second-order valence-corrected chi connectivity index (χ2v) is 4.27. The predicted octanol–water partition coefficient (Wildman–Crippen LogP) is 3.66. The summed E-state index contributed by atoms with van der Waals surface area (Å²) in [6.07, 6.45) is 0. The lowest BCUT2D eigenvalue weighted by atomic mass is 10.0. The molecule has 1 heteroatoms. The van der Waals surface area contributed by atoms with E-state index in [1.54, 1.807) is 19.9 Å². The first kappa shape index (κ1) is 13.7. The lowest BCUT2D eigenvalue weighted by molar-refractivity contribution is 0.101. The third kappa shape index (κ3) is 3.16. The molecular formula is C19H14O. The van der Waals surface area contributed by atoms with Crippen molar-refractivity contribution >= 4 is 5.78 Å². The van der Waals surface area contributed by atoms with Crippen LogP contribution in [0.5, 0.6) is 0 Å². The molecule has 0 aliphatic rings. The van der Waals surface area contributed by atoms with Crippen molar-refractivity contribution in [3.8, 4) is 23.7 Å². The topological polar surface area (TPSA) is 17.1 Å². The summed E-state index contributed by atoms with van der Waals surface area (Å²) < 4.78 is 0. The molecule has 0 heterocycles. The minimum atomic E-state index is 0.0246. The average molecular weight is 258 g/mol. The summed E-state index contributed by atoms with van der Waals surface area (Å²) in [5, 5.41) is 0. The Morgan fingerprint density at radius 3 is 1.90 bits per heavy atom. The van der Waals surface area contributed by atoms with Gasteiger partial charge in [0.1, 0.15) is 0 Å². The van der Waals surface area contributed by atoms with Gasteiger partial charge in [0.2, 0.25) is 0 Å². The smallest absolute Gasteiger partial charge is 0.161 e. The lowest BCUT2D eigenvalue weighted by Gasteiger charge is -1.99. The van der Waals surface area contributed by atoms with E-state index in [4.69, 9.17) is 0 Å². The Labute approximate surface area is 119 Å². The molecule has 0 aromatic heterocycles. The van der Waals surface area contributed by atoms with Gasteiger partial charge in [-0.05, 0) is 32.0 Å². The molecule has 96 valence electrons. The fourth-order valence-electron chi connectivity index (χ4n) is 1.87. The van der Waals surface area contributed by atoms with Gasteiger partial charge in [-0.3, -0.25) is 4.79 Å². The summed E-state index contributed by atoms with van der Waals surface area (Å²) >= 11 is 0. The van der Waals surface area contributed by atoms with Gasteiger partial charge in [0.25, 0.3) is 0 Å². The summed E-state index contributed by atoms with van der Waals surface area (Å²) in [5.74, 6) is 12.1. The maximum absolute atomic E-state index is 11.6. The van der Waals surface area contributed by atoms with Crippen molar-refractivity contribution in [1.82, 2.24) is 0 Å². The fourth-order valence-corrected chi connectivity index (χ4v) is 1.87. The van der Waals surface area contributed by atoms with E-state index in [0.29, 0.717) is 5.56 Å². The van der Waals surface area contributed by atoms with Gasteiger partial charge in [0, 0.05) is 22.3 Å². The van der Waals surface area contributed by atoms with Crippen LogP contribution in [0.3, 0.4) is 0 Å². The lowest BCUT2D eigenvalue weighted by Crippen LogP contribution is -1.95. The number of rotatable bonds is 1. The average Bonchev–Trinajstić information content (AvgIpc) is 2.47. The molecule has 0 saturated heterocycles. The van der Waals surface area contributed by atoms with Gasteiger partial charge in [0.15, 0.2) is 5.78 Å². The van der Waals surface area contributed by atoms with Crippen molar-refractivity contribution in [2.24, 2.45) is 0 Å². The number of carbonyl (C=O) groups is 1. The van der Waals surface area contributed by atoms with E-state index in [1.165, 1.54) is 0 Å². The minimum Gasteiger partial charge on any atom is -0.294 e. The number of hydrogen-bond donors (Lipinski definition) is 0. The summed E-state index contributed by atoms with van der Waals surface area (Å²) in [6.45, 7) is 3.35. The van der Waals surface area contributed by atoms with Crippen LogP contribution in [0.15, 0.2) is 48.5 Å². The quantitative estimate of drug-likeness (QED) is 0.563. The molecule has 0 aliphatic carbocycles. The molecule has 0 bridgehead atoms. The highest BCUT2D eigenvalue weighted by molar-refractivity contribution is 5.96. The molecule has 0 unspecified atom stereocenters. The van der Waals surface area contributed by atoms with E-state index in [2.05, 4.69) is 23.7 Å². The maximum atomic E-state index is 11.6. The SMILES string of the molecule is CC#Cc1ccccc1C#Cc1ccccc1C(C)=O. The molecule has 20 heavy (non-hydrogen) atoms. The summed E-state index contributed by atoms with van der Waals surface area (Å²) in [5.41, 5.74) is 3.18. The Hall–Kier alpha value is -2.77. The Balaban J connectivity index is 2.46.